The summed E-state index contributed by atoms with van der Waals surface area (Å²) in [6.07, 6.45) is -0.0787. The zero-order chi connectivity index (χ0) is 18.0. The fourth-order valence-corrected chi connectivity index (χ4v) is 4.16. The molecule has 0 radical (unpaired) electrons. The maximum atomic E-state index is 12.0. The van der Waals surface area contributed by atoms with Gasteiger partial charge in [-0.25, -0.2) is 0 Å². The Labute approximate surface area is 147 Å². The van der Waals surface area contributed by atoms with E-state index in [1.807, 2.05) is 37.3 Å². The molecule has 1 fully saturated rings. The van der Waals surface area contributed by atoms with E-state index in [-0.39, 0.29) is 29.0 Å². The number of carbonyl (C=O) groups excluding carboxylic acids is 1. The summed E-state index contributed by atoms with van der Waals surface area (Å²) in [6.45, 7) is 14.2. The number of ether oxygens (including phenoxy) is 1. The number of nitrogens with one attached hydrogen (secondary N) is 1. The van der Waals surface area contributed by atoms with Crippen LogP contribution in [0, 0.1) is 5.92 Å². The first-order chi connectivity index (χ1) is 11.1. The quantitative estimate of drug-likeness (QED) is 0.603. The van der Waals surface area contributed by atoms with Crippen molar-refractivity contribution in [3.8, 4) is 0 Å². The number of hydrogen-bond donors (Lipinski definition) is 1. The van der Waals surface area contributed by atoms with Crippen LogP contribution in [0.2, 0.25) is 18.1 Å². The molecule has 0 saturated carbocycles. The second kappa shape index (κ2) is 7.38. The molecular weight excluding hydrogens is 318 g/mol. The first kappa shape index (κ1) is 19.2. The van der Waals surface area contributed by atoms with Crippen molar-refractivity contribution in [3.63, 3.8) is 0 Å². The SMILES string of the molecule is C[C@@H](O[Si](C)(C)C(C)(C)C)C1C(=O)NC1COCc1ccccc1. The number of carbonyl (C=O) groups is 1. The van der Waals surface area contributed by atoms with Gasteiger partial charge in [0.25, 0.3) is 0 Å². The molecule has 4 nitrogen and oxygen atoms in total. The van der Waals surface area contributed by atoms with Gasteiger partial charge < -0.3 is 14.5 Å². The zero-order valence-corrected chi connectivity index (χ0v) is 16.8. The van der Waals surface area contributed by atoms with E-state index >= 15 is 0 Å². The molecule has 1 heterocycles. The molecule has 1 amide bonds. The summed E-state index contributed by atoms with van der Waals surface area (Å²) in [5.41, 5.74) is 1.14. The second-order valence-electron chi connectivity index (χ2n) is 8.22. The standard InChI is InChI=1S/C19H31NO3Si/c1-14(23-24(5,6)19(2,3)4)17-16(20-18(17)21)13-22-12-15-10-8-7-9-11-15/h7-11,14,16-17H,12-13H2,1-6H3,(H,20,21)/t14-,16?,17?/m1/s1. The van der Waals surface area contributed by atoms with Crippen LogP contribution in [0.1, 0.15) is 33.3 Å². The lowest BCUT2D eigenvalue weighted by atomic mass is 9.87. The van der Waals surface area contributed by atoms with Gasteiger partial charge in [0.2, 0.25) is 5.91 Å². The van der Waals surface area contributed by atoms with Crippen molar-refractivity contribution in [1.29, 1.82) is 0 Å². The molecule has 1 aliphatic heterocycles. The highest BCUT2D eigenvalue weighted by Crippen LogP contribution is 2.39. The van der Waals surface area contributed by atoms with E-state index in [0.29, 0.717) is 13.2 Å². The van der Waals surface area contributed by atoms with Crippen molar-refractivity contribution >= 4 is 14.2 Å². The Bertz CT molecular complexity index is 553. The number of benzene rings is 1. The number of rotatable bonds is 7. The molecule has 2 unspecified atom stereocenters. The fraction of sp³-hybridized carbons (Fsp3) is 0.632. The summed E-state index contributed by atoms with van der Waals surface area (Å²) >= 11 is 0. The van der Waals surface area contributed by atoms with Crippen LogP contribution in [0.15, 0.2) is 30.3 Å². The van der Waals surface area contributed by atoms with E-state index in [1.165, 1.54) is 0 Å². The Morgan fingerprint density at radius 1 is 1.21 bits per heavy atom. The smallest absolute Gasteiger partial charge is 0.228 e. The molecule has 1 aromatic carbocycles. The first-order valence-electron chi connectivity index (χ1n) is 8.72. The Morgan fingerprint density at radius 3 is 2.38 bits per heavy atom. The molecule has 1 aliphatic rings. The van der Waals surface area contributed by atoms with Gasteiger partial charge in [0.15, 0.2) is 8.32 Å². The van der Waals surface area contributed by atoms with Crippen molar-refractivity contribution < 1.29 is 14.0 Å². The van der Waals surface area contributed by atoms with Crippen LogP contribution in [0.4, 0.5) is 0 Å². The fourth-order valence-electron chi connectivity index (χ4n) is 2.73. The predicted molar refractivity (Wildman–Crippen MR) is 99.3 cm³/mol. The van der Waals surface area contributed by atoms with Crippen molar-refractivity contribution in [2.24, 2.45) is 5.92 Å². The van der Waals surface area contributed by atoms with E-state index in [2.05, 4.69) is 39.2 Å². The highest BCUT2D eigenvalue weighted by Gasteiger charge is 2.47. The second-order valence-corrected chi connectivity index (χ2v) is 13.0. The Hall–Kier alpha value is -1.17. The molecule has 1 N–H and O–H groups in total. The zero-order valence-electron chi connectivity index (χ0n) is 15.8. The number of hydrogen-bond acceptors (Lipinski definition) is 3. The monoisotopic (exact) mass is 349 g/mol. The number of β-lactam (4-membered cyclic amide) rings is 1. The topological polar surface area (TPSA) is 47.6 Å². The summed E-state index contributed by atoms with van der Waals surface area (Å²) in [5.74, 6) is -0.0376. The third kappa shape index (κ3) is 4.46. The van der Waals surface area contributed by atoms with Gasteiger partial charge in [-0.15, -0.1) is 0 Å². The van der Waals surface area contributed by atoms with Gasteiger partial charge in [0.1, 0.15) is 0 Å². The largest absolute Gasteiger partial charge is 0.413 e. The Morgan fingerprint density at radius 2 is 1.83 bits per heavy atom. The molecule has 5 heteroatoms. The lowest BCUT2D eigenvalue weighted by Crippen LogP contribution is -2.65. The van der Waals surface area contributed by atoms with Crippen LogP contribution < -0.4 is 5.32 Å². The van der Waals surface area contributed by atoms with Crippen molar-refractivity contribution in [1.82, 2.24) is 5.32 Å². The van der Waals surface area contributed by atoms with E-state index < -0.39 is 8.32 Å². The highest BCUT2D eigenvalue weighted by atomic mass is 28.4. The van der Waals surface area contributed by atoms with Gasteiger partial charge in [0.05, 0.1) is 31.3 Å². The van der Waals surface area contributed by atoms with E-state index in [9.17, 15) is 4.79 Å². The molecule has 2 rings (SSSR count). The summed E-state index contributed by atoms with van der Waals surface area (Å²) in [5, 5.41) is 3.10. The van der Waals surface area contributed by atoms with Crippen LogP contribution in [0.25, 0.3) is 0 Å². The van der Waals surface area contributed by atoms with Crippen LogP contribution in [0.3, 0.4) is 0 Å². The lowest BCUT2D eigenvalue weighted by Gasteiger charge is -2.45. The minimum absolute atomic E-state index is 0.0426. The molecule has 3 atom stereocenters. The van der Waals surface area contributed by atoms with Crippen LogP contribution >= 0.6 is 0 Å². The van der Waals surface area contributed by atoms with Gasteiger partial charge in [0, 0.05) is 0 Å². The van der Waals surface area contributed by atoms with Crippen molar-refractivity contribution in [2.75, 3.05) is 6.61 Å². The van der Waals surface area contributed by atoms with Gasteiger partial charge in [-0.1, -0.05) is 51.1 Å². The van der Waals surface area contributed by atoms with Crippen LogP contribution in [0.5, 0.6) is 0 Å². The predicted octanol–water partition coefficient (Wildman–Crippen LogP) is 3.73. The molecule has 24 heavy (non-hydrogen) atoms. The average Bonchev–Trinajstić information content (AvgIpc) is 2.45. The normalized spacial score (nSPS) is 22.7. The third-order valence-corrected chi connectivity index (χ3v) is 9.84. The number of amides is 1. The van der Waals surface area contributed by atoms with Crippen molar-refractivity contribution in [2.45, 2.75) is 64.6 Å². The van der Waals surface area contributed by atoms with Gasteiger partial charge >= 0.3 is 0 Å². The van der Waals surface area contributed by atoms with E-state index in [0.717, 1.165) is 5.56 Å². The summed E-state index contributed by atoms with van der Waals surface area (Å²) < 4.78 is 12.2. The summed E-state index contributed by atoms with van der Waals surface area (Å²) in [4.78, 5) is 12.0. The molecule has 0 bridgehead atoms. The van der Waals surface area contributed by atoms with Crippen LogP contribution in [-0.2, 0) is 20.6 Å². The molecule has 0 aliphatic carbocycles. The summed E-state index contributed by atoms with van der Waals surface area (Å²) in [7, 11) is -1.88. The molecule has 1 saturated heterocycles. The maximum Gasteiger partial charge on any atom is 0.228 e. The molecule has 134 valence electrons. The molecule has 0 aromatic heterocycles. The van der Waals surface area contributed by atoms with Gasteiger partial charge in [-0.3, -0.25) is 4.79 Å². The molecule has 1 aromatic rings. The van der Waals surface area contributed by atoms with E-state index in [1.54, 1.807) is 0 Å². The highest BCUT2D eigenvalue weighted by molar-refractivity contribution is 6.74. The van der Waals surface area contributed by atoms with Gasteiger partial charge in [-0.05, 0) is 30.6 Å². The maximum absolute atomic E-state index is 12.0. The minimum atomic E-state index is -1.88. The van der Waals surface area contributed by atoms with Gasteiger partial charge in [-0.2, -0.15) is 0 Å². The lowest BCUT2D eigenvalue weighted by molar-refractivity contribution is -0.142. The van der Waals surface area contributed by atoms with E-state index in [4.69, 9.17) is 9.16 Å². The van der Waals surface area contributed by atoms with Crippen molar-refractivity contribution in [3.05, 3.63) is 35.9 Å². The minimum Gasteiger partial charge on any atom is -0.413 e. The van der Waals surface area contributed by atoms with Crippen LogP contribution in [-0.4, -0.2) is 33.0 Å². The third-order valence-electron chi connectivity index (χ3n) is 5.27. The Kier molecular flexibility index (Phi) is 5.89. The first-order valence-corrected chi connectivity index (χ1v) is 11.6. The summed E-state index contributed by atoms with van der Waals surface area (Å²) in [6, 6.07) is 10.1. The Balaban J connectivity index is 1.86. The molecule has 0 spiro atoms. The molecular formula is C19H31NO3Si. The average molecular weight is 350 g/mol.